The summed E-state index contributed by atoms with van der Waals surface area (Å²) in [6, 6.07) is 0. The zero-order valence-corrected chi connectivity index (χ0v) is 5.56. The molecule has 0 saturated heterocycles. The number of aliphatic imine (C=N–C) groups is 1. The summed E-state index contributed by atoms with van der Waals surface area (Å²) < 4.78 is 4.80. The molecule has 1 unspecified atom stereocenters. The zero-order valence-electron chi connectivity index (χ0n) is 5.56. The molecule has 54 valence electrons. The fourth-order valence-electron chi connectivity index (χ4n) is 0.692. The molecule has 2 N–H and O–H groups in total. The van der Waals surface area contributed by atoms with E-state index in [4.69, 9.17) is 14.8 Å². The van der Waals surface area contributed by atoms with Gasteiger partial charge in [-0.25, -0.2) is 0 Å². The predicted molar refractivity (Wildman–Crippen MR) is 37.6 cm³/mol. The van der Waals surface area contributed by atoms with Crippen molar-refractivity contribution in [1.29, 1.82) is 0 Å². The Labute approximate surface area is 59.0 Å². The van der Waals surface area contributed by atoms with Crippen molar-refractivity contribution in [3.8, 4) is 0 Å². The highest BCUT2D eigenvalue weighted by atomic mass is 16.5. The van der Waals surface area contributed by atoms with Gasteiger partial charge in [0, 0.05) is 18.8 Å². The lowest BCUT2D eigenvalue weighted by atomic mass is 9.80. The van der Waals surface area contributed by atoms with Crippen LogP contribution in [0.5, 0.6) is 0 Å². The lowest BCUT2D eigenvalue weighted by molar-refractivity contribution is 0.151. The highest BCUT2D eigenvalue weighted by Gasteiger charge is 2.18. The van der Waals surface area contributed by atoms with E-state index < -0.39 is 7.12 Å². The molecule has 5 heteroatoms. The number of rotatable bonds is 2. The first-order valence-electron chi connectivity index (χ1n) is 2.88. The molecule has 0 bridgehead atoms. The molecule has 0 radical (unpaired) electrons. The van der Waals surface area contributed by atoms with E-state index >= 15 is 0 Å². The lowest BCUT2D eigenvalue weighted by Gasteiger charge is -1.97. The summed E-state index contributed by atoms with van der Waals surface area (Å²) >= 11 is 0. The van der Waals surface area contributed by atoms with E-state index in [1.807, 2.05) is 0 Å². The third-order valence-corrected chi connectivity index (χ3v) is 1.25. The van der Waals surface area contributed by atoms with Crippen LogP contribution in [-0.2, 0) is 4.74 Å². The molecule has 1 rings (SSSR count). The average molecular weight is 141 g/mol. The van der Waals surface area contributed by atoms with Crippen LogP contribution in [0.1, 0.15) is 0 Å². The second-order valence-corrected chi connectivity index (χ2v) is 1.94. The maximum atomic E-state index is 8.61. The Bertz CT molecular complexity index is 178. The van der Waals surface area contributed by atoms with Crippen LogP contribution in [0.2, 0.25) is 0 Å². The van der Waals surface area contributed by atoms with Crippen LogP contribution in [-0.4, -0.2) is 36.7 Å². The van der Waals surface area contributed by atoms with Gasteiger partial charge in [0.15, 0.2) is 6.23 Å². The Morgan fingerprint density at radius 2 is 2.40 bits per heavy atom. The Morgan fingerprint density at radius 3 is 2.70 bits per heavy atom. The molecule has 0 saturated carbocycles. The van der Waals surface area contributed by atoms with Crippen LogP contribution in [0.15, 0.2) is 16.5 Å². The van der Waals surface area contributed by atoms with Crippen LogP contribution >= 0.6 is 0 Å². The molecule has 4 nitrogen and oxygen atoms in total. The predicted octanol–water partition coefficient (Wildman–Crippen LogP) is -1.02. The number of allylic oxidation sites excluding steroid dienone is 1. The molecule has 0 amide bonds. The van der Waals surface area contributed by atoms with Gasteiger partial charge in [-0.05, 0) is 6.08 Å². The minimum absolute atomic E-state index is 0.350. The fourth-order valence-corrected chi connectivity index (χ4v) is 0.692. The second kappa shape index (κ2) is 2.96. The van der Waals surface area contributed by atoms with Gasteiger partial charge in [-0.2, -0.15) is 0 Å². The third-order valence-electron chi connectivity index (χ3n) is 1.25. The van der Waals surface area contributed by atoms with Gasteiger partial charge in [-0.3, -0.25) is 4.99 Å². The molecule has 1 atom stereocenters. The summed E-state index contributed by atoms with van der Waals surface area (Å²) in [6.45, 7) is 0. The normalized spacial score (nSPS) is 23.1. The molecule has 1 aliphatic heterocycles. The highest BCUT2D eigenvalue weighted by Crippen LogP contribution is 2.07. The third kappa shape index (κ3) is 1.44. The molecular formula is C5H8BNO3. The van der Waals surface area contributed by atoms with Gasteiger partial charge in [0.25, 0.3) is 0 Å². The highest BCUT2D eigenvalue weighted by molar-refractivity contribution is 6.57. The van der Waals surface area contributed by atoms with Crippen LogP contribution in [0.3, 0.4) is 0 Å². The first-order valence-corrected chi connectivity index (χ1v) is 2.88. The zero-order chi connectivity index (χ0) is 7.56. The van der Waals surface area contributed by atoms with E-state index in [-0.39, 0.29) is 6.23 Å². The topological polar surface area (TPSA) is 62.0 Å². The molecular weight excluding hydrogens is 133 g/mol. The Kier molecular flexibility index (Phi) is 2.21. The number of hydrogen-bond donors (Lipinski definition) is 2. The SMILES string of the molecule is COC1C=C(B(O)O)C=N1. The van der Waals surface area contributed by atoms with E-state index in [1.54, 1.807) is 6.08 Å². The van der Waals surface area contributed by atoms with E-state index in [0.717, 1.165) is 0 Å². The smallest absolute Gasteiger partial charge is 0.423 e. The largest absolute Gasteiger partial charge is 0.489 e. The Morgan fingerprint density at radius 1 is 1.70 bits per heavy atom. The van der Waals surface area contributed by atoms with Crippen molar-refractivity contribution in [3.05, 3.63) is 11.5 Å². The van der Waals surface area contributed by atoms with Crippen molar-refractivity contribution >= 4 is 13.3 Å². The van der Waals surface area contributed by atoms with Crippen molar-refractivity contribution in [2.45, 2.75) is 6.23 Å². The number of methoxy groups -OCH3 is 1. The Balaban J connectivity index is 2.59. The van der Waals surface area contributed by atoms with Crippen molar-refractivity contribution in [1.82, 2.24) is 0 Å². The van der Waals surface area contributed by atoms with E-state index in [2.05, 4.69) is 4.99 Å². The van der Waals surface area contributed by atoms with Gasteiger partial charge in [0.05, 0.1) is 0 Å². The van der Waals surface area contributed by atoms with E-state index in [1.165, 1.54) is 13.3 Å². The average Bonchev–Trinajstić information content (AvgIpc) is 2.34. The first-order chi connectivity index (χ1) is 4.74. The van der Waals surface area contributed by atoms with Crippen LogP contribution in [0, 0.1) is 0 Å². The summed E-state index contributed by atoms with van der Waals surface area (Å²) in [7, 11) is 0.0643. The summed E-state index contributed by atoms with van der Waals surface area (Å²) in [6.07, 6.45) is 2.58. The fraction of sp³-hybridized carbons (Fsp3) is 0.400. The van der Waals surface area contributed by atoms with E-state index in [9.17, 15) is 0 Å². The molecule has 10 heavy (non-hydrogen) atoms. The summed E-state index contributed by atoms with van der Waals surface area (Å²) in [5.74, 6) is 0. The van der Waals surface area contributed by atoms with Crippen molar-refractivity contribution in [2.75, 3.05) is 7.11 Å². The van der Waals surface area contributed by atoms with Crippen molar-refractivity contribution in [3.63, 3.8) is 0 Å². The van der Waals surface area contributed by atoms with Crippen molar-refractivity contribution < 1.29 is 14.8 Å². The lowest BCUT2D eigenvalue weighted by Crippen LogP contribution is -2.15. The van der Waals surface area contributed by atoms with Crippen LogP contribution < -0.4 is 0 Å². The molecule has 0 aliphatic carbocycles. The van der Waals surface area contributed by atoms with Crippen LogP contribution in [0.4, 0.5) is 0 Å². The van der Waals surface area contributed by atoms with Gasteiger partial charge in [-0.1, -0.05) is 0 Å². The van der Waals surface area contributed by atoms with Gasteiger partial charge in [0.1, 0.15) is 0 Å². The molecule has 1 heterocycles. The van der Waals surface area contributed by atoms with E-state index in [0.29, 0.717) is 5.47 Å². The summed E-state index contributed by atoms with van der Waals surface area (Å²) in [5.41, 5.74) is 0.381. The standard InChI is InChI=1S/C5H8BNO3/c1-10-5-2-4(3-7-5)6(8)9/h2-3,5,8-9H,1H3. The molecule has 0 aromatic heterocycles. The molecule has 1 aliphatic rings. The Hall–Kier alpha value is -0.645. The first kappa shape index (κ1) is 7.46. The molecule has 0 aromatic carbocycles. The van der Waals surface area contributed by atoms with Crippen LogP contribution in [0.25, 0.3) is 0 Å². The monoisotopic (exact) mass is 141 g/mol. The molecule has 0 aromatic rings. The van der Waals surface area contributed by atoms with Gasteiger partial charge >= 0.3 is 7.12 Å². The second-order valence-electron chi connectivity index (χ2n) is 1.94. The summed E-state index contributed by atoms with van der Waals surface area (Å²) in [4.78, 5) is 3.80. The number of ether oxygens (including phenoxy) is 1. The summed E-state index contributed by atoms with van der Waals surface area (Å²) in [5, 5.41) is 17.2. The minimum atomic E-state index is -1.44. The van der Waals surface area contributed by atoms with Gasteiger partial charge in [0.2, 0.25) is 0 Å². The minimum Gasteiger partial charge on any atom is -0.423 e. The quantitative estimate of drug-likeness (QED) is 0.484. The number of hydrogen-bond acceptors (Lipinski definition) is 4. The maximum absolute atomic E-state index is 8.61. The van der Waals surface area contributed by atoms with Gasteiger partial charge in [-0.15, -0.1) is 0 Å². The molecule has 0 spiro atoms. The molecule has 0 fully saturated rings. The van der Waals surface area contributed by atoms with Gasteiger partial charge < -0.3 is 14.8 Å². The maximum Gasteiger partial charge on any atom is 0.489 e. The van der Waals surface area contributed by atoms with Crippen molar-refractivity contribution in [2.24, 2.45) is 4.99 Å². The number of nitrogens with zero attached hydrogens (tertiary/aromatic N) is 1.